The Labute approximate surface area is 99.9 Å². The Hall–Kier alpha value is -1.59. The molecule has 0 aromatic rings. The van der Waals surface area contributed by atoms with Crippen LogP contribution in [0.3, 0.4) is 0 Å². The maximum Gasteiger partial charge on any atom is 0.407 e. The van der Waals surface area contributed by atoms with Gasteiger partial charge < -0.3 is 10.0 Å². The smallest absolute Gasteiger partial charge is 0.407 e. The summed E-state index contributed by atoms with van der Waals surface area (Å²) in [6, 6.07) is 0. The number of carboxylic acid groups (broad SMARTS) is 1. The molecule has 6 nitrogen and oxygen atoms in total. The van der Waals surface area contributed by atoms with Crippen molar-refractivity contribution in [1.82, 2.24) is 9.91 Å². The molecule has 1 N–H and O–H groups in total. The molecule has 0 unspecified atom stereocenters. The predicted octanol–water partition coefficient (Wildman–Crippen LogP) is 0.985. The van der Waals surface area contributed by atoms with E-state index in [9.17, 15) is 9.59 Å². The van der Waals surface area contributed by atoms with Crippen molar-refractivity contribution in [2.24, 2.45) is 11.0 Å². The van der Waals surface area contributed by atoms with E-state index in [1.807, 2.05) is 0 Å². The van der Waals surface area contributed by atoms with Gasteiger partial charge in [-0.15, -0.1) is 0 Å². The zero-order valence-electron chi connectivity index (χ0n) is 9.93. The van der Waals surface area contributed by atoms with Crippen LogP contribution in [0, 0.1) is 5.92 Å². The van der Waals surface area contributed by atoms with Crippen LogP contribution >= 0.6 is 0 Å². The molecule has 1 aliphatic heterocycles. The van der Waals surface area contributed by atoms with Gasteiger partial charge in [-0.25, -0.2) is 9.80 Å². The Kier molecular flexibility index (Phi) is 3.31. The minimum atomic E-state index is -1.00. The molecule has 94 valence electrons. The van der Waals surface area contributed by atoms with Crippen molar-refractivity contribution in [1.29, 1.82) is 0 Å². The molecular weight excluding hydrogens is 222 g/mol. The molecule has 0 bridgehead atoms. The first-order valence-corrected chi connectivity index (χ1v) is 5.87. The molecule has 0 spiro atoms. The molecule has 1 aliphatic carbocycles. The average molecular weight is 239 g/mol. The van der Waals surface area contributed by atoms with Gasteiger partial charge in [0, 0.05) is 13.6 Å². The lowest BCUT2D eigenvalue weighted by Crippen LogP contribution is -2.30. The van der Waals surface area contributed by atoms with E-state index < -0.39 is 6.09 Å². The van der Waals surface area contributed by atoms with Crippen LogP contribution in [-0.4, -0.2) is 52.9 Å². The Bertz CT molecular complexity index is 363. The van der Waals surface area contributed by atoms with E-state index in [0.29, 0.717) is 18.2 Å². The van der Waals surface area contributed by atoms with Crippen LogP contribution in [0.4, 0.5) is 4.79 Å². The minimum Gasteiger partial charge on any atom is -0.465 e. The van der Waals surface area contributed by atoms with Crippen molar-refractivity contribution in [3.05, 3.63) is 0 Å². The SMILES string of the molecule is CN(CC1=NN(CC2CCC2)C(=O)C1)C(=O)O. The third kappa shape index (κ3) is 2.75. The van der Waals surface area contributed by atoms with Crippen molar-refractivity contribution in [3.8, 4) is 0 Å². The molecule has 0 atom stereocenters. The summed E-state index contributed by atoms with van der Waals surface area (Å²) in [7, 11) is 1.48. The number of nitrogens with zero attached hydrogens (tertiary/aromatic N) is 3. The first-order chi connectivity index (χ1) is 8.06. The maximum absolute atomic E-state index is 11.7. The lowest BCUT2D eigenvalue weighted by Gasteiger charge is -2.27. The van der Waals surface area contributed by atoms with Gasteiger partial charge in [0.25, 0.3) is 0 Å². The van der Waals surface area contributed by atoms with Crippen LogP contribution in [0.1, 0.15) is 25.7 Å². The molecule has 1 saturated carbocycles. The quantitative estimate of drug-likeness (QED) is 0.794. The van der Waals surface area contributed by atoms with Crippen LogP contribution in [-0.2, 0) is 4.79 Å². The summed E-state index contributed by atoms with van der Waals surface area (Å²) in [5, 5.41) is 14.5. The number of hydrogen-bond donors (Lipinski definition) is 1. The highest BCUT2D eigenvalue weighted by Crippen LogP contribution is 2.28. The molecule has 0 radical (unpaired) electrons. The maximum atomic E-state index is 11.7. The van der Waals surface area contributed by atoms with Gasteiger partial charge in [0.05, 0.1) is 18.7 Å². The highest BCUT2D eigenvalue weighted by Gasteiger charge is 2.29. The third-order valence-electron chi connectivity index (χ3n) is 3.31. The van der Waals surface area contributed by atoms with Gasteiger partial charge in [0.2, 0.25) is 5.91 Å². The Morgan fingerprint density at radius 3 is 2.82 bits per heavy atom. The van der Waals surface area contributed by atoms with E-state index in [1.54, 1.807) is 0 Å². The van der Waals surface area contributed by atoms with E-state index in [0.717, 1.165) is 4.90 Å². The van der Waals surface area contributed by atoms with Crippen molar-refractivity contribution in [2.75, 3.05) is 20.1 Å². The topological polar surface area (TPSA) is 73.2 Å². The highest BCUT2D eigenvalue weighted by molar-refractivity contribution is 6.06. The molecule has 0 aromatic heterocycles. The number of rotatable bonds is 4. The Balaban J connectivity index is 1.88. The number of amides is 2. The van der Waals surface area contributed by atoms with Crippen LogP contribution < -0.4 is 0 Å². The third-order valence-corrected chi connectivity index (χ3v) is 3.31. The standard InChI is InChI=1S/C11H17N3O3/c1-13(11(16)17)7-9-5-10(15)14(12-9)6-8-3-2-4-8/h8H,2-7H2,1H3,(H,16,17). The number of hydrazone groups is 1. The van der Waals surface area contributed by atoms with Crippen molar-refractivity contribution < 1.29 is 14.7 Å². The fourth-order valence-corrected chi connectivity index (χ4v) is 2.02. The van der Waals surface area contributed by atoms with Crippen LogP contribution in [0.5, 0.6) is 0 Å². The average Bonchev–Trinajstić information content (AvgIpc) is 2.52. The monoisotopic (exact) mass is 239 g/mol. The summed E-state index contributed by atoms with van der Waals surface area (Å²) in [5.74, 6) is 0.574. The minimum absolute atomic E-state index is 0.00862. The second-order valence-corrected chi connectivity index (χ2v) is 4.75. The molecule has 17 heavy (non-hydrogen) atoms. The summed E-state index contributed by atoms with van der Waals surface area (Å²) in [5.41, 5.74) is 0.638. The molecule has 2 rings (SSSR count). The largest absolute Gasteiger partial charge is 0.465 e. The van der Waals surface area contributed by atoms with E-state index in [1.165, 1.54) is 31.3 Å². The fraction of sp³-hybridized carbons (Fsp3) is 0.727. The lowest BCUT2D eigenvalue weighted by atomic mass is 9.85. The molecule has 6 heteroatoms. The van der Waals surface area contributed by atoms with Gasteiger partial charge in [0.1, 0.15) is 0 Å². The van der Waals surface area contributed by atoms with Gasteiger partial charge in [0.15, 0.2) is 0 Å². The number of carbonyl (C=O) groups is 2. The second-order valence-electron chi connectivity index (χ2n) is 4.75. The van der Waals surface area contributed by atoms with Crippen molar-refractivity contribution >= 4 is 17.7 Å². The van der Waals surface area contributed by atoms with E-state index in [4.69, 9.17) is 5.11 Å². The van der Waals surface area contributed by atoms with Gasteiger partial charge in [-0.1, -0.05) is 6.42 Å². The Morgan fingerprint density at radius 2 is 2.29 bits per heavy atom. The zero-order valence-corrected chi connectivity index (χ0v) is 9.93. The summed E-state index contributed by atoms with van der Waals surface area (Å²) in [6.45, 7) is 0.904. The molecule has 2 aliphatic rings. The first-order valence-electron chi connectivity index (χ1n) is 5.87. The molecule has 1 heterocycles. The predicted molar refractivity (Wildman–Crippen MR) is 61.8 cm³/mol. The number of hydrogen-bond acceptors (Lipinski definition) is 3. The zero-order chi connectivity index (χ0) is 12.4. The van der Waals surface area contributed by atoms with E-state index in [2.05, 4.69) is 5.10 Å². The molecule has 0 aromatic carbocycles. The van der Waals surface area contributed by atoms with Crippen molar-refractivity contribution in [2.45, 2.75) is 25.7 Å². The highest BCUT2D eigenvalue weighted by atomic mass is 16.4. The van der Waals surface area contributed by atoms with E-state index in [-0.39, 0.29) is 18.9 Å². The lowest BCUT2D eigenvalue weighted by molar-refractivity contribution is -0.129. The van der Waals surface area contributed by atoms with Crippen molar-refractivity contribution in [3.63, 3.8) is 0 Å². The van der Waals surface area contributed by atoms with Crippen LogP contribution in [0.25, 0.3) is 0 Å². The molecular formula is C11H17N3O3. The summed E-state index contributed by atoms with van der Waals surface area (Å²) < 4.78 is 0. The van der Waals surface area contributed by atoms with Gasteiger partial charge in [-0.2, -0.15) is 5.10 Å². The summed E-state index contributed by atoms with van der Waals surface area (Å²) in [6.07, 6.45) is 2.83. The second kappa shape index (κ2) is 4.73. The normalized spacial score (nSPS) is 20.2. The summed E-state index contributed by atoms with van der Waals surface area (Å²) >= 11 is 0. The first kappa shape index (κ1) is 11.9. The summed E-state index contributed by atoms with van der Waals surface area (Å²) in [4.78, 5) is 23.5. The van der Waals surface area contributed by atoms with Gasteiger partial charge in [-0.3, -0.25) is 4.79 Å². The number of carbonyl (C=O) groups excluding carboxylic acids is 1. The van der Waals surface area contributed by atoms with E-state index >= 15 is 0 Å². The van der Waals surface area contributed by atoms with Gasteiger partial charge >= 0.3 is 6.09 Å². The Morgan fingerprint density at radius 1 is 1.59 bits per heavy atom. The van der Waals surface area contributed by atoms with Crippen LogP contribution in [0.2, 0.25) is 0 Å². The van der Waals surface area contributed by atoms with Gasteiger partial charge in [-0.05, 0) is 18.8 Å². The molecule has 1 fully saturated rings. The van der Waals surface area contributed by atoms with Crippen LogP contribution in [0.15, 0.2) is 5.10 Å². The molecule has 2 amide bonds. The fourth-order valence-electron chi connectivity index (χ4n) is 2.02. The molecule has 0 saturated heterocycles.